The number of nitrogens with one attached hydrogen (secondary N) is 1. The molecular formula is C20H27N3S. The molecule has 4 heteroatoms. The van der Waals surface area contributed by atoms with Gasteiger partial charge in [0.25, 0.3) is 0 Å². The molecule has 0 bridgehead atoms. The molecule has 3 heterocycles. The van der Waals surface area contributed by atoms with E-state index in [4.69, 9.17) is 4.98 Å². The van der Waals surface area contributed by atoms with Crippen LogP contribution in [0.1, 0.15) is 52.0 Å². The summed E-state index contributed by atoms with van der Waals surface area (Å²) in [5, 5.41) is 8.06. The lowest BCUT2D eigenvalue weighted by Crippen LogP contribution is -2.31. The third kappa shape index (κ3) is 3.64. The van der Waals surface area contributed by atoms with Crippen LogP contribution in [0, 0.1) is 6.92 Å². The molecule has 0 aliphatic rings. The zero-order valence-corrected chi connectivity index (χ0v) is 15.9. The fraction of sp³-hybridized carbons (Fsp3) is 0.450. The predicted octanol–water partition coefficient (Wildman–Crippen LogP) is 6.14. The van der Waals surface area contributed by atoms with Crippen molar-refractivity contribution in [2.75, 3.05) is 5.32 Å². The van der Waals surface area contributed by atoms with Crippen molar-refractivity contribution in [3.8, 4) is 11.3 Å². The van der Waals surface area contributed by atoms with Crippen LogP contribution in [0.25, 0.3) is 16.9 Å². The number of rotatable bonds is 7. The Morgan fingerprint density at radius 1 is 1.25 bits per heavy atom. The van der Waals surface area contributed by atoms with Crippen molar-refractivity contribution in [2.45, 2.75) is 58.9 Å². The molecule has 3 rings (SSSR count). The van der Waals surface area contributed by atoms with Crippen LogP contribution in [0.3, 0.4) is 0 Å². The van der Waals surface area contributed by atoms with Crippen LogP contribution in [0.15, 0.2) is 35.2 Å². The van der Waals surface area contributed by atoms with Gasteiger partial charge in [-0.15, -0.1) is 0 Å². The van der Waals surface area contributed by atoms with Crippen LogP contribution in [-0.4, -0.2) is 14.9 Å². The van der Waals surface area contributed by atoms with E-state index in [1.54, 1.807) is 11.3 Å². The molecule has 24 heavy (non-hydrogen) atoms. The van der Waals surface area contributed by atoms with Gasteiger partial charge in [0.15, 0.2) is 0 Å². The van der Waals surface area contributed by atoms with Gasteiger partial charge < -0.3 is 5.32 Å². The first-order valence-electron chi connectivity index (χ1n) is 8.79. The molecule has 0 atom stereocenters. The second kappa shape index (κ2) is 6.98. The normalized spacial score (nSPS) is 12.0. The summed E-state index contributed by atoms with van der Waals surface area (Å²) in [5.41, 5.74) is 4.51. The van der Waals surface area contributed by atoms with Gasteiger partial charge >= 0.3 is 0 Å². The Kier molecular flexibility index (Phi) is 4.95. The zero-order valence-electron chi connectivity index (χ0n) is 15.1. The minimum Gasteiger partial charge on any atom is -0.364 e. The van der Waals surface area contributed by atoms with Gasteiger partial charge in [0, 0.05) is 22.7 Å². The monoisotopic (exact) mass is 341 g/mol. The van der Waals surface area contributed by atoms with E-state index < -0.39 is 0 Å². The molecule has 1 N–H and O–H groups in total. The minimum absolute atomic E-state index is 0.0425. The lowest BCUT2D eigenvalue weighted by Gasteiger charge is -2.28. The van der Waals surface area contributed by atoms with E-state index in [0.29, 0.717) is 0 Å². The maximum Gasteiger partial charge on any atom is 0.139 e. The summed E-state index contributed by atoms with van der Waals surface area (Å²) in [5.74, 6) is 1.10. The fourth-order valence-electron chi connectivity index (χ4n) is 3.07. The first-order valence-corrected chi connectivity index (χ1v) is 9.74. The Hall–Kier alpha value is -1.81. The molecule has 3 nitrogen and oxygen atoms in total. The maximum absolute atomic E-state index is 4.90. The number of nitrogens with zero attached hydrogens (tertiary/aromatic N) is 2. The van der Waals surface area contributed by atoms with Crippen LogP contribution in [-0.2, 0) is 0 Å². The predicted molar refractivity (Wildman–Crippen MR) is 105 cm³/mol. The van der Waals surface area contributed by atoms with Gasteiger partial charge in [0.05, 0.1) is 0 Å². The zero-order chi connectivity index (χ0) is 17.2. The average Bonchev–Trinajstić information content (AvgIpc) is 3.15. The van der Waals surface area contributed by atoms with E-state index in [9.17, 15) is 0 Å². The van der Waals surface area contributed by atoms with Gasteiger partial charge in [-0.25, -0.2) is 4.98 Å². The second-order valence-corrected chi connectivity index (χ2v) is 8.00. The van der Waals surface area contributed by atoms with E-state index in [2.05, 4.69) is 72.6 Å². The van der Waals surface area contributed by atoms with E-state index in [-0.39, 0.29) is 5.54 Å². The van der Waals surface area contributed by atoms with E-state index in [0.717, 1.165) is 23.6 Å². The lowest BCUT2D eigenvalue weighted by molar-refractivity contribution is 0.482. The number of imidazole rings is 1. The van der Waals surface area contributed by atoms with E-state index in [1.165, 1.54) is 30.4 Å². The van der Waals surface area contributed by atoms with Gasteiger partial charge in [-0.2, -0.15) is 11.3 Å². The largest absolute Gasteiger partial charge is 0.364 e. The van der Waals surface area contributed by atoms with E-state index >= 15 is 0 Å². The summed E-state index contributed by atoms with van der Waals surface area (Å²) in [7, 11) is 0. The van der Waals surface area contributed by atoms with Crippen LogP contribution in [0.2, 0.25) is 0 Å². The molecule has 0 amide bonds. The highest BCUT2D eigenvalue weighted by atomic mass is 32.1. The summed E-state index contributed by atoms with van der Waals surface area (Å²) < 4.78 is 2.18. The molecule has 0 fully saturated rings. The van der Waals surface area contributed by atoms with Crippen LogP contribution >= 0.6 is 11.3 Å². The number of pyridine rings is 1. The molecule has 128 valence electrons. The maximum atomic E-state index is 4.90. The third-order valence-electron chi connectivity index (χ3n) is 4.44. The molecular weight excluding hydrogens is 314 g/mol. The average molecular weight is 342 g/mol. The summed E-state index contributed by atoms with van der Waals surface area (Å²) in [4.78, 5) is 4.90. The van der Waals surface area contributed by atoms with Crippen molar-refractivity contribution in [2.24, 2.45) is 0 Å². The van der Waals surface area contributed by atoms with Crippen molar-refractivity contribution in [1.82, 2.24) is 9.38 Å². The highest BCUT2D eigenvalue weighted by Gasteiger charge is 2.22. The Bertz CT molecular complexity index is 800. The van der Waals surface area contributed by atoms with Crippen molar-refractivity contribution in [1.29, 1.82) is 0 Å². The quantitative estimate of drug-likeness (QED) is 0.523. The highest BCUT2D eigenvalue weighted by molar-refractivity contribution is 7.08. The first-order chi connectivity index (χ1) is 11.5. The molecule has 0 saturated carbocycles. The van der Waals surface area contributed by atoms with Gasteiger partial charge in [0.1, 0.15) is 17.2 Å². The van der Waals surface area contributed by atoms with Crippen molar-refractivity contribution in [3.05, 3.63) is 40.7 Å². The molecule has 0 aromatic carbocycles. The molecule has 0 spiro atoms. The summed E-state index contributed by atoms with van der Waals surface area (Å²) >= 11 is 1.71. The van der Waals surface area contributed by atoms with Gasteiger partial charge in [-0.3, -0.25) is 4.40 Å². The number of aromatic nitrogens is 2. The Morgan fingerprint density at radius 2 is 2.08 bits per heavy atom. The number of anilines is 1. The topological polar surface area (TPSA) is 29.3 Å². The molecule has 0 saturated heterocycles. The lowest BCUT2D eigenvalue weighted by atomic mass is 9.96. The smallest absolute Gasteiger partial charge is 0.139 e. The first kappa shape index (κ1) is 17.0. The molecule has 0 aliphatic heterocycles. The third-order valence-corrected chi connectivity index (χ3v) is 5.12. The number of unbranched alkanes of at least 4 members (excludes halogenated alkanes) is 2. The standard InChI is InChI=1S/C20H27N3S/c1-5-6-7-10-20(3,4)22-19-18(16-9-12-24-14-16)21-17-13-15(2)8-11-23(17)19/h8-9,11-14,22H,5-7,10H2,1-4H3. The van der Waals surface area contributed by atoms with Crippen LogP contribution in [0.5, 0.6) is 0 Å². The number of fused-ring (bicyclic) bond motifs is 1. The summed E-state index contributed by atoms with van der Waals surface area (Å²) in [6, 6.07) is 6.43. The molecule has 0 unspecified atom stereocenters. The number of hydrogen-bond donors (Lipinski definition) is 1. The van der Waals surface area contributed by atoms with Gasteiger partial charge in [-0.1, -0.05) is 26.2 Å². The Balaban J connectivity index is 2.00. The Labute approximate surface area is 148 Å². The Morgan fingerprint density at radius 3 is 2.79 bits per heavy atom. The fourth-order valence-corrected chi connectivity index (χ4v) is 3.71. The number of thiophene rings is 1. The highest BCUT2D eigenvalue weighted by Crippen LogP contribution is 2.33. The SMILES string of the molecule is CCCCCC(C)(C)Nc1c(-c2ccsc2)nc2cc(C)ccn12. The minimum atomic E-state index is 0.0425. The van der Waals surface area contributed by atoms with Gasteiger partial charge in [0.2, 0.25) is 0 Å². The van der Waals surface area contributed by atoms with E-state index in [1.807, 2.05) is 0 Å². The number of hydrogen-bond acceptors (Lipinski definition) is 3. The molecule has 0 aliphatic carbocycles. The molecule has 3 aromatic rings. The van der Waals surface area contributed by atoms with Crippen molar-refractivity contribution in [3.63, 3.8) is 0 Å². The summed E-state index contributed by atoms with van der Waals surface area (Å²) in [6.45, 7) is 8.93. The van der Waals surface area contributed by atoms with Crippen molar-refractivity contribution >= 4 is 22.8 Å². The summed E-state index contributed by atoms with van der Waals surface area (Å²) in [6.07, 6.45) is 7.07. The van der Waals surface area contributed by atoms with Crippen molar-refractivity contribution < 1.29 is 0 Å². The molecule has 3 aromatic heterocycles. The second-order valence-electron chi connectivity index (χ2n) is 7.22. The van der Waals surface area contributed by atoms with Crippen LogP contribution < -0.4 is 5.32 Å². The van der Waals surface area contributed by atoms with Crippen LogP contribution in [0.4, 0.5) is 5.82 Å². The molecule has 0 radical (unpaired) electrons. The van der Waals surface area contributed by atoms with Gasteiger partial charge in [-0.05, 0) is 56.3 Å². The number of aryl methyl sites for hydroxylation is 1.